The van der Waals surface area contributed by atoms with Gasteiger partial charge in [-0.05, 0) is 41.0 Å². The van der Waals surface area contributed by atoms with Crippen LogP contribution in [0.3, 0.4) is 0 Å². The summed E-state index contributed by atoms with van der Waals surface area (Å²) in [7, 11) is 2.79. The van der Waals surface area contributed by atoms with E-state index in [1.165, 1.54) is 33.3 Å². The van der Waals surface area contributed by atoms with Crippen molar-refractivity contribution in [2.45, 2.75) is 13.0 Å². The molecule has 1 atom stereocenters. The first-order valence-corrected chi connectivity index (χ1v) is 8.96. The monoisotopic (exact) mass is 410 g/mol. The first-order chi connectivity index (χ1) is 14.3. The molecule has 156 valence electrons. The molecule has 0 saturated carbocycles. The fraction of sp³-hybridized carbons (Fsp3) is 0.174. The van der Waals surface area contributed by atoms with Crippen LogP contribution in [-0.4, -0.2) is 37.0 Å². The minimum atomic E-state index is -1.07. The van der Waals surface area contributed by atoms with Crippen molar-refractivity contribution in [2.24, 2.45) is 0 Å². The van der Waals surface area contributed by atoms with Crippen molar-refractivity contribution in [1.29, 1.82) is 0 Å². The minimum absolute atomic E-state index is 0.234. The van der Waals surface area contributed by atoms with Crippen molar-refractivity contribution < 1.29 is 33.7 Å². The number of carboxylic acid groups (broad SMARTS) is 1. The lowest BCUT2D eigenvalue weighted by Gasteiger charge is -2.10. The van der Waals surface area contributed by atoms with Crippen LogP contribution < -0.4 is 9.47 Å². The van der Waals surface area contributed by atoms with Gasteiger partial charge >= 0.3 is 11.9 Å². The zero-order valence-corrected chi connectivity index (χ0v) is 16.8. The van der Waals surface area contributed by atoms with Gasteiger partial charge in [0.2, 0.25) is 0 Å². The largest absolute Gasteiger partial charge is 0.493 e. The fourth-order valence-corrected chi connectivity index (χ4v) is 2.60. The second-order valence-corrected chi connectivity index (χ2v) is 6.19. The number of aliphatic carboxylic acids is 1. The van der Waals surface area contributed by atoms with Crippen LogP contribution in [0.15, 0.2) is 54.6 Å². The molecule has 0 saturated heterocycles. The van der Waals surface area contributed by atoms with Crippen LogP contribution >= 0.6 is 0 Å². The van der Waals surface area contributed by atoms with E-state index in [1.807, 2.05) is 0 Å². The van der Waals surface area contributed by atoms with E-state index in [9.17, 15) is 14.4 Å². The van der Waals surface area contributed by atoms with Crippen LogP contribution in [0.25, 0.3) is 12.2 Å². The van der Waals surface area contributed by atoms with E-state index in [0.29, 0.717) is 22.6 Å². The Labute approximate surface area is 174 Å². The highest BCUT2D eigenvalue weighted by atomic mass is 16.6. The summed E-state index contributed by atoms with van der Waals surface area (Å²) in [4.78, 5) is 34.3. The van der Waals surface area contributed by atoms with Gasteiger partial charge < -0.3 is 19.3 Å². The van der Waals surface area contributed by atoms with Crippen LogP contribution in [0.2, 0.25) is 0 Å². The van der Waals surface area contributed by atoms with E-state index in [2.05, 4.69) is 0 Å². The Morgan fingerprint density at radius 3 is 2.03 bits per heavy atom. The maximum absolute atomic E-state index is 12.1. The van der Waals surface area contributed by atoms with Crippen LogP contribution in [0.1, 0.15) is 29.7 Å². The van der Waals surface area contributed by atoms with Gasteiger partial charge in [-0.3, -0.25) is 9.59 Å². The van der Waals surface area contributed by atoms with E-state index in [4.69, 9.17) is 19.3 Å². The van der Waals surface area contributed by atoms with Crippen LogP contribution in [-0.2, 0) is 19.1 Å². The molecule has 0 aliphatic rings. The predicted molar refractivity (Wildman–Crippen MR) is 111 cm³/mol. The summed E-state index contributed by atoms with van der Waals surface area (Å²) in [6.45, 7) is 1.30. The number of carboxylic acids is 1. The standard InChI is InChI=1S/C23H22O7/c1-15(24)30-20-13-8-17(14-21(20)28-2)7-12-19(25)11-6-16-4-9-18(10-5-16)22(29-3)23(26)27/h4-14,22H,1-3H3,(H,26,27). The molecule has 30 heavy (non-hydrogen) atoms. The van der Waals surface area contributed by atoms with Crippen molar-refractivity contribution in [3.05, 3.63) is 71.3 Å². The predicted octanol–water partition coefficient (Wildman–Crippen LogP) is 3.69. The van der Waals surface area contributed by atoms with E-state index in [-0.39, 0.29) is 5.78 Å². The van der Waals surface area contributed by atoms with Crippen molar-refractivity contribution in [2.75, 3.05) is 14.2 Å². The highest BCUT2D eigenvalue weighted by molar-refractivity contribution is 6.04. The first-order valence-electron chi connectivity index (χ1n) is 8.96. The smallest absolute Gasteiger partial charge is 0.337 e. The molecule has 0 spiro atoms. The maximum Gasteiger partial charge on any atom is 0.337 e. The number of esters is 1. The zero-order chi connectivity index (χ0) is 22.1. The Kier molecular flexibility index (Phi) is 8.08. The Morgan fingerprint density at radius 2 is 1.50 bits per heavy atom. The number of methoxy groups -OCH3 is 2. The second kappa shape index (κ2) is 10.7. The molecule has 2 aromatic rings. The average molecular weight is 410 g/mol. The minimum Gasteiger partial charge on any atom is -0.493 e. The Hall–Kier alpha value is -3.71. The zero-order valence-electron chi connectivity index (χ0n) is 16.8. The molecular weight excluding hydrogens is 388 g/mol. The molecule has 7 nitrogen and oxygen atoms in total. The van der Waals surface area contributed by atoms with Crippen LogP contribution in [0, 0.1) is 0 Å². The van der Waals surface area contributed by atoms with Gasteiger partial charge in [0.25, 0.3) is 0 Å². The fourth-order valence-electron chi connectivity index (χ4n) is 2.60. The maximum atomic E-state index is 12.1. The van der Waals surface area contributed by atoms with Crippen molar-refractivity contribution in [3.63, 3.8) is 0 Å². The molecule has 0 aliphatic carbocycles. The Bertz CT molecular complexity index is 972. The number of ketones is 1. The summed E-state index contributed by atoms with van der Waals surface area (Å²) in [6.07, 6.45) is 5.02. The highest BCUT2D eigenvalue weighted by Crippen LogP contribution is 2.28. The van der Waals surface area contributed by atoms with Gasteiger partial charge in [-0.25, -0.2) is 4.79 Å². The molecule has 2 rings (SSSR count). The lowest BCUT2D eigenvalue weighted by atomic mass is 10.1. The molecule has 0 amide bonds. The lowest BCUT2D eigenvalue weighted by molar-refractivity contribution is -0.148. The second-order valence-electron chi connectivity index (χ2n) is 6.19. The summed E-state index contributed by atoms with van der Waals surface area (Å²) in [5.74, 6) is -1.08. The van der Waals surface area contributed by atoms with Gasteiger partial charge in [0.1, 0.15) is 0 Å². The summed E-state index contributed by atoms with van der Waals surface area (Å²) < 4.78 is 15.2. The lowest BCUT2D eigenvalue weighted by Crippen LogP contribution is -2.13. The number of allylic oxidation sites excluding steroid dienone is 2. The van der Waals surface area contributed by atoms with E-state index in [0.717, 1.165) is 5.56 Å². The third kappa shape index (κ3) is 6.42. The van der Waals surface area contributed by atoms with Gasteiger partial charge in [-0.15, -0.1) is 0 Å². The SMILES string of the molecule is COc1cc(C=CC(=O)C=Cc2ccc(C(OC)C(=O)O)cc2)ccc1OC(C)=O. The molecule has 0 aromatic heterocycles. The number of hydrogen-bond acceptors (Lipinski definition) is 6. The normalized spacial score (nSPS) is 12.1. The van der Waals surface area contributed by atoms with Gasteiger partial charge in [-0.2, -0.15) is 0 Å². The van der Waals surface area contributed by atoms with Gasteiger partial charge in [-0.1, -0.05) is 42.5 Å². The third-order valence-electron chi connectivity index (χ3n) is 4.02. The number of ether oxygens (including phenoxy) is 3. The van der Waals surface area contributed by atoms with E-state index < -0.39 is 18.0 Å². The van der Waals surface area contributed by atoms with E-state index >= 15 is 0 Å². The Morgan fingerprint density at radius 1 is 0.900 bits per heavy atom. The molecule has 1 unspecified atom stereocenters. The number of benzene rings is 2. The molecular formula is C23H22O7. The number of carbonyl (C=O) groups is 3. The van der Waals surface area contributed by atoms with Crippen LogP contribution in [0.4, 0.5) is 0 Å². The molecule has 1 N–H and O–H groups in total. The van der Waals surface area contributed by atoms with Crippen molar-refractivity contribution >= 4 is 29.9 Å². The quantitative estimate of drug-likeness (QED) is 0.382. The molecule has 2 aromatic carbocycles. The molecule has 0 fully saturated rings. The summed E-state index contributed by atoms with van der Waals surface area (Å²) in [6, 6.07) is 11.6. The number of carbonyl (C=O) groups excluding carboxylic acids is 2. The summed E-state index contributed by atoms with van der Waals surface area (Å²) in [5.41, 5.74) is 1.96. The highest BCUT2D eigenvalue weighted by Gasteiger charge is 2.18. The number of hydrogen-bond donors (Lipinski definition) is 1. The van der Waals surface area contributed by atoms with Gasteiger partial charge in [0.05, 0.1) is 7.11 Å². The van der Waals surface area contributed by atoms with Crippen LogP contribution in [0.5, 0.6) is 11.5 Å². The van der Waals surface area contributed by atoms with E-state index in [1.54, 1.807) is 54.6 Å². The molecule has 7 heteroatoms. The number of rotatable bonds is 9. The van der Waals surface area contributed by atoms with Gasteiger partial charge in [0, 0.05) is 14.0 Å². The topological polar surface area (TPSA) is 99.1 Å². The van der Waals surface area contributed by atoms with Crippen molar-refractivity contribution in [3.8, 4) is 11.5 Å². The molecule has 0 aliphatic heterocycles. The first kappa shape index (κ1) is 22.6. The summed E-state index contributed by atoms with van der Waals surface area (Å²) in [5, 5.41) is 9.09. The molecule has 0 bridgehead atoms. The Balaban J connectivity index is 2.04. The average Bonchev–Trinajstić information content (AvgIpc) is 2.72. The molecule has 0 radical (unpaired) electrons. The third-order valence-corrected chi connectivity index (χ3v) is 4.02. The summed E-state index contributed by atoms with van der Waals surface area (Å²) >= 11 is 0. The molecule has 0 heterocycles. The van der Waals surface area contributed by atoms with Crippen molar-refractivity contribution in [1.82, 2.24) is 0 Å². The van der Waals surface area contributed by atoms with Gasteiger partial charge in [0.15, 0.2) is 23.4 Å².